The summed E-state index contributed by atoms with van der Waals surface area (Å²) in [6, 6.07) is 0. The molecule has 1 N–H and O–H groups in total. The second-order valence-electron chi connectivity index (χ2n) is 2.82. The number of hydrogen-bond donors (Lipinski definition) is 1. The van der Waals surface area contributed by atoms with Gasteiger partial charge in [-0.15, -0.1) is 0 Å². The van der Waals surface area contributed by atoms with Gasteiger partial charge >= 0.3 is 0 Å². The zero-order chi connectivity index (χ0) is 9.35. The lowest BCUT2D eigenvalue weighted by Crippen LogP contribution is -2.38. The van der Waals surface area contributed by atoms with Crippen molar-refractivity contribution in [3.05, 3.63) is 0 Å². The third-order valence-electron chi connectivity index (χ3n) is 1.95. The van der Waals surface area contributed by atoms with E-state index < -0.39 is 15.5 Å². The third-order valence-corrected chi connectivity index (χ3v) is 3.12. The van der Waals surface area contributed by atoms with Crippen molar-refractivity contribution in [2.75, 3.05) is 6.54 Å². The standard InChI is InChI=1S/C6H11NO4S/c1-5(8)7-4-2-3-6(7)12(9,10)11/h6H,2-4H2,1H3,(H,9,10,11). The monoisotopic (exact) mass is 193 g/mol. The van der Waals surface area contributed by atoms with Crippen LogP contribution in [0, 0.1) is 0 Å². The van der Waals surface area contributed by atoms with Gasteiger partial charge in [-0.05, 0) is 12.8 Å². The van der Waals surface area contributed by atoms with Gasteiger partial charge in [-0.25, -0.2) is 0 Å². The molecule has 1 unspecified atom stereocenters. The minimum absolute atomic E-state index is 0.310. The number of carbonyl (C=O) groups excluding carboxylic acids is 1. The van der Waals surface area contributed by atoms with Gasteiger partial charge in [0, 0.05) is 13.5 Å². The van der Waals surface area contributed by atoms with Crippen molar-refractivity contribution < 1.29 is 17.8 Å². The largest absolute Gasteiger partial charge is 0.324 e. The van der Waals surface area contributed by atoms with E-state index in [1.54, 1.807) is 0 Å². The van der Waals surface area contributed by atoms with Crippen LogP contribution in [-0.2, 0) is 14.9 Å². The summed E-state index contributed by atoms with van der Waals surface area (Å²) in [5.74, 6) is -0.310. The van der Waals surface area contributed by atoms with Crippen LogP contribution in [-0.4, -0.2) is 35.7 Å². The fourth-order valence-electron chi connectivity index (χ4n) is 1.41. The molecule has 1 aliphatic heterocycles. The Morgan fingerprint density at radius 1 is 1.58 bits per heavy atom. The Bertz CT molecular complexity index is 284. The first-order chi connectivity index (χ1) is 5.43. The summed E-state index contributed by atoms with van der Waals surface area (Å²) < 4.78 is 30.1. The molecule has 70 valence electrons. The van der Waals surface area contributed by atoms with Crippen LogP contribution in [0.25, 0.3) is 0 Å². The van der Waals surface area contributed by atoms with E-state index in [0.29, 0.717) is 19.4 Å². The number of hydrogen-bond acceptors (Lipinski definition) is 3. The van der Waals surface area contributed by atoms with E-state index in [9.17, 15) is 13.2 Å². The molecule has 1 fully saturated rings. The van der Waals surface area contributed by atoms with Crippen LogP contribution in [0.5, 0.6) is 0 Å². The highest BCUT2D eigenvalue weighted by molar-refractivity contribution is 7.86. The molecule has 1 amide bonds. The van der Waals surface area contributed by atoms with Crippen LogP contribution in [0.4, 0.5) is 0 Å². The Balaban J connectivity index is 2.85. The van der Waals surface area contributed by atoms with E-state index >= 15 is 0 Å². The Morgan fingerprint density at radius 3 is 2.50 bits per heavy atom. The zero-order valence-corrected chi connectivity index (χ0v) is 7.54. The molecule has 0 radical (unpaired) electrons. The lowest BCUT2D eigenvalue weighted by molar-refractivity contribution is -0.128. The third kappa shape index (κ3) is 1.75. The smallest absolute Gasteiger partial charge is 0.286 e. The SMILES string of the molecule is CC(=O)N1CCCC1S(=O)(=O)O. The lowest BCUT2D eigenvalue weighted by Gasteiger charge is -2.19. The summed E-state index contributed by atoms with van der Waals surface area (Å²) in [4.78, 5) is 12.0. The van der Waals surface area contributed by atoms with Gasteiger partial charge in [0.25, 0.3) is 10.1 Å². The average Bonchev–Trinajstić information content (AvgIpc) is 2.30. The highest BCUT2D eigenvalue weighted by Crippen LogP contribution is 2.20. The van der Waals surface area contributed by atoms with Gasteiger partial charge in [0.15, 0.2) is 5.37 Å². The molecule has 1 aliphatic rings. The van der Waals surface area contributed by atoms with Crippen LogP contribution in [0.15, 0.2) is 0 Å². The van der Waals surface area contributed by atoms with E-state index in [0.717, 1.165) is 0 Å². The van der Waals surface area contributed by atoms with Gasteiger partial charge < -0.3 is 4.90 Å². The average molecular weight is 193 g/mol. The molecule has 0 saturated carbocycles. The maximum absolute atomic E-state index is 10.9. The van der Waals surface area contributed by atoms with Gasteiger partial charge in [-0.3, -0.25) is 9.35 Å². The Morgan fingerprint density at radius 2 is 2.17 bits per heavy atom. The van der Waals surface area contributed by atoms with Crippen LogP contribution >= 0.6 is 0 Å². The molecule has 0 aliphatic carbocycles. The maximum Gasteiger partial charge on any atom is 0.286 e. The number of likely N-dealkylation sites (tertiary alicyclic amines) is 1. The van der Waals surface area contributed by atoms with Crippen molar-refractivity contribution in [3.8, 4) is 0 Å². The van der Waals surface area contributed by atoms with Gasteiger partial charge in [0.05, 0.1) is 0 Å². The first kappa shape index (κ1) is 9.47. The summed E-state index contributed by atoms with van der Waals surface area (Å²) in [5.41, 5.74) is 0. The van der Waals surface area contributed by atoms with E-state index in [2.05, 4.69) is 0 Å². The molecule has 1 atom stereocenters. The van der Waals surface area contributed by atoms with E-state index in [4.69, 9.17) is 4.55 Å². The Labute approximate surface area is 71.1 Å². The second kappa shape index (κ2) is 3.02. The fourth-order valence-corrected chi connectivity index (χ4v) is 2.45. The normalized spacial score (nSPS) is 24.5. The van der Waals surface area contributed by atoms with Gasteiger partial charge in [-0.2, -0.15) is 8.42 Å². The second-order valence-corrected chi connectivity index (χ2v) is 4.40. The van der Waals surface area contributed by atoms with Crippen LogP contribution < -0.4 is 0 Å². The highest BCUT2D eigenvalue weighted by Gasteiger charge is 2.35. The van der Waals surface area contributed by atoms with E-state index in [-0.39, 0.29) is 5.91 Å². The number of carbonyl (C=O) groups is 1. The lowest BCUT2D eigenvalue weighted by atomic mass is 10.4. The maximum atomic E-state index is 10.9. The quantitative estimate of drug-likeness (QED) is 0.587. The Hall–Kier alpha value is -0.620. The topological polar surface area (TPSA) is 74.7 Å². The number of rotatable bonds is 1. The molecule has 1 saturated heterocycles. The minimum atomic E-state index is -4.09. The summed E-state index contributed by atoms with van der Waals surface area (Å²) in [6.45, 7) is 1.71. The van der Waals surface area contributed by atoms with Crippen LogP contribution in [0.1, 0.15) is 19.8 Å². The zero-order valence-electron chi connectivity index (χ0n) is 6.73. The van der Waals surface area contributed by atoms with Crippen LogP contribution in [0.3, 0.4) is 0 Å². The minimum Gasteiger partial charge on any atom is -0.324 e. The molecule has 6 heteroatoms. The van der Waals surface area contributed by atoms with Gasteiger partial charge in [0.2, 0.25) is 5.91 Å². The van der Waals surface area contributed by atoms with Crippen molar-refractivity contribution in [3.63, 3.8) is 0 Å². The van der Waals surface area contributed by atoms with Crippen molar-refractivity contribution in [2.45, 2.75) is 25.1 Å². The molecular weight excluding hydrogens is 182 g/mol. The summed E-state index contributed by atoms with van der Waals surface area (Å²) in [7, 11) is -4.09. The predicted octanol–water partition coefficient (Wildman–Crippen LogP) is -0.157. The van der Waals surface area contributed by atoms with E-state index in [1.807, 2.05) is 0 Å². The molecule has 0 aromatic heterocycles. The fraction of sp³-hybridized carbons (Fsp3) is 0.833. The van der Waals surface area contributed by atoms with Crippen LogP contribution in [0.2, 0.25) is 0 Å². The molecular formula is C6H11NO4S. The molecule has 12 heavy (non-hydrogen) atoms. The van der Waals surface area contributed by atoms with Crippen molar-refractivity contribution in [2.24, 2.45) is 0 Å². The number of nitrogens with zero attached hydrogens (tertiary/aromatic N) is 1. The molecule has 1 heterocycles. The van der Waals surface area contributed by atoms with Gasteiger partial charge in [-0.1, -0.05) is 0 Å². The predicted molar refractivity (Wildman–Crippen MR) is 42.0 cm³/mol. The first-order valence-electron chi connectivity index (χ1n) is 3.66. The summed E-state index contributed by atoms with van der Waals surface area (Å²) >= 11 is 0. The van der Waals surface area contributed by atoms with Crippen molar-refractivity contribution in [1.82, 2.24) is 4.90 Å². The molecule has 0 spiro atoms. The summed E-state index contributed by atoms with van der Waals surface area (Å²) in [6.07, 6.45) is 0.961. The molecule has 0 bridgehead atoms. The van der Waals surface area contributed by atoms with Crippen molar-refractivity contribution >= 4 is 16.0 Å². The molecule has 1 rings (SSSR count). The molecule has 0 aromatic rings. The Kier molecular flexibility index (Phi) is 2.39. The molecule has 5 nitrogen and oxygen atoms in total. The van der Waals surface area contributed by atoms with Crippen molar-refractivity contribution in [1.29, 1.82) is 0 Å². The van der Waals surface area contributed by atoms with E-state index in [1.165, 1.54) is 11.8 Å². The van der Waals surface area contributed by atoms with Gasteiger partial charge in [0.1, 0.15) is 0 Å². The first-order valence-corrected chi connectivity index (χ1v) is 5.17. The highest BCUT2D eigenvalue weighted by atomic mass is 32.2. The molecule has 0 aromatic carbocycles. The number of amides is 1. The summed E-state index contributed by atoms with van der Waals surface area (Å²) in [5, 5.41) is -1.02.